The first kappa shape index (κ1) is 22.4. The number of benzene rings is 2. The molecule has 0 spiro atoms. The summed E-state index contributed by atoms with van der Waals surface area (Å²) in [4.78, 5) is 35.2. The van der Waals surface area contributed by atoms with E-state index in [1.54, 1.807) is 18.2 Å². The third-order valence-electron chi connectivity index (χ3n) is 3.77. The van der Waals surface area contributed by atoms with Crippen molar-refractivity contribution in [3.63, 3.8) is 0 Å². The molecule has 0 aliphatic carbocycles. The Kier molecular flexibility index (Phi) is 9.17. The molecule has 2 aromatic rings. The van der Waals surface area contributed by atoms with Crippen LogP contribution in [0.3, 0.4) is 0 Å². The lowest BCUT2D eigenvalue weighted by Gasteiger charge is -2.07. The van der Waals surface area contributed by atoms with Gasteiger partial charge in [0.05, 0.1) is 11.5 Å². The summed E-state index contributed by atoms with van der Waals surface area (Å²) in [6.07, 6.45) is 0.547. The van der Waals surface area contributed by atoms with E-state index in [0.29, 0.717) is 18.7 Å². The normalized spacial score (nSPS) is 10.3. The van der Waals surface area contributed by atoms with E-state index in [1.165, 1.54) is 12.1 Å². The summed E-state index contributed by atoms with van der Waals surface area (Å²) in [5, 5.41) is 5.38. The molecule has 0 heterocycles. The van der Waals surface area contributed by atoms with E-state index >= 15 is 0 Å². The Balaban J connectivity index is 1.55. The Morgan fingerprint density at radius 1 is 1.03 bits per heavy atom. The van der Waals surface area contributed by atoms with Crippen LogP contribution in [0.4, 0.5) is 10.1 Å². The maximum atomic E-state index is 12.8. The Labute approximate surface area is 173 Å². The van der Waals surface area contributed by atoms with Crippen molar-refractivity contribution in [3.8, 4) is 0 Å². The van der Waals surface area contributed by atoms with Crippen LogP contribution in [-0.4, -0.2) is 42.4 Å². The molecular formula is C21H23FN2O4S. The number of amides is 2. The highest BCUT2D eigenvalue weighted by Gasteiger charge is 2.09. The van der Waals surface area contributed by atoms with E-state index in [1.807, 2.05) is 25.1 Å². The van der Waals surface area contributed by atoms with Gasteiger partial charge >= 0.3 is 5.97 Å². The van der Waals surface area contributed by atoms with Crippen LogP contribution in [0.1, 0.15) is 11.1 Å². The summed E-state index contributed by atoms with van der Waals surface area (Å²) in [5.74, 6) is -1.42. The zero-order chi connectivity index (χ0) is 21.1. The molecule has 0 atom stereocenters. The summed E-state index contributed by atoms with van der Waals surface area (Å²) in [5.41, 5.74) is 2.63. The van der Waals surface area contributed by atoms with E-state index < -0.39 is 11.9 Å². The third-order valence-corrected chi connectivity index (χ3v) is 4.67. The lowest BCUT2D eigenvalue weighted by Crippen LogP contribution is -2.30. The van der Waals surface area contributed by atoms with E-state index in [9.17, 15) is 18.8 Å². The molecule has 0 aliphatic rings. The second kappa shape index (κ2) is 11.9. The molecule has 2 rings (SSSR count). The average molecular weight is 418 g/mol. The van der Waals surface area contributed by atoms with Crippen molar-refractivity contribution in [3.05, 3.63) is 65.5 Å². The number of hydrogen-bond donors (Lipinski definition) is 2. The highest BCUT2D eigenvalue weighted by atomic mass is 32.2. The van der Waals surface area contributed by atoms with Crippen LogP contribution in [0.25, 0.3) is 0 Å². The van der Waals surface area contributed by atoms with Crippen LogP contribution in [-0.2, 0) is 25.5 Å². The van der Waals surface area contributed by atoms with Gasteiger partial charge < -0.3 is 15.4 Å². The van der Waals surface area contributed by atoms with Gasteiger partial charge in [0.2, 0.25) is 5.91 Å². The van der Waals surface area contributed by atoms with Crippen molar-refractivity contribution >= 4 is 35.2 Å². The predicted octanol–water partition coefficient (Wildman–Crippen LogP) is 2.71. The van der Waals surface area contributed by atoms with Crippen LogP contribution in [0.2, 0.25) is 0 Å². The molecule has 2 aromatic carbocycles. The molecule has 0 bridgehead atoms. The van der Waals surface area contributed by atoms with E-state index in [0.717, 1.165) is 22.9 Å². The summed E-state index contributed by atoms with van der Waals surface area (Å²) >= 11 is 1.11. The molecule has 0 saturated heterocycles. The van der Waals surface area contributed by atoms with Gasteiger partial charge in [-0.3, -0.25) is 14.4 Å². The van der Waals surface area contributed by atoms with Crippen molar-refractivity contribution < 1.29 is 23.5 Å². The second-order valence-electron chi connectivity index (χ2n) is 6.30. The molecule has 6 nitrogen and oxygen atoms in total. The topological polar surface area (TPSA) is 84.5 Å². The van der Waals surface area contributed by atoms with Gasteiger partial charge in [0.15, 0.2) is 6.61 Å². The number of ether oxygens (including phenoxy) is 1. The molecule has 0 aromatic heterocycles. The molecule has 154 valence electrons. The number of esters is 1. The quantitative estimate of drug-likeness (QED) is 0.580. The zero-order valence-corrected chi connectivity index (χ0v) is 16.9. The lowest BCUT2D eigenvalue weighted by molar-refractivity contribution is -0.145. The van der Waals surface area contributed by atoms with Crippen molar-refractivity contribution in [2.75, 3.05) is 30.0 Å². The molecule has 0 fully saturated rings. The molecular weight excluding hydrogens is 395 g/mol. The van der Waals surface area contributed by atoms with Gasteiger partial charge in [0, 0.05) is 12.2 Å². The predicted molar refractivity (Wildman–Crippen MR) is 111 cm³/mol. The Hall–Kier alpha value is -2.87. The highest BCUT2D eigenvalue weighted by Crippen LogP contribution is 2.10. The smallest absolute Gasteiger partial charge is 0.316 e. The SMILES string of the molecule is Cc1cccc(NC(=O)CSCC(=O)OCC(=O)NCCc2ccc(F)cc2)c1. The van der Waals surface area contributed by atoms with E-state index in [-0.39, 0.29) is 29.8 Å². The maximum absolute atomic E-state index is 12.8. The number of hydrogen-bond acceptors (Lipinski definition) is 5. The molecule has 0 aliphatic heterocycles. The minimum absolute atomic E-state index is 0.0237. The first-order chi connectivity index (χ1) is 13.9. The van der Waals surface area contributed by atoms with Gasteiger partial charge in [-0.25, -0.2) is 4.39 Å². The maximum Gasteiger partial charge on any atom is 0.316 e. The zero-order valence-electron chi connectivity index (χ0n) is 16.1. The number of aryl methyl sites for hydroxylation is 1. The second-order valence-corrected chi connectivity index (χ2v) is 7.28. The fraction of sp³-hybridized carbons (Fsp3) is 0.286. The first-order valence-corrected chi connectivity index (χ1v) is 10.2. The van der Waals surface area contributed by atoms with Gasteiger partial charge in [0.25, 0.3) is 5.91 Å². The van der Waals surface area contributed by atoms with Crippen LogP contribution in [0, 0.1) is 12.7 Å². The first-order valence-electron chi connectivity index (χ1n) is 9.03. The Bertz CT molecular complexity index is 843. The number of anilines is 1. The fourth-order valence-corrected chi connectivity index (χ4v) is 2.99. The van der Waals surface area contributed by atoms with Crippen LogP contribution >= 0.6 is 11.8 Å². The number of carbonyl (C=O) groups excluding carboxylic acids is 3. The number of nitrogens with one attached hydrogen (secondary N) is 2. The highest BCUT2D eigenvalue weighted by molar-refractivity contribution is 8.00. The largest absolute Gasteiger partial charge is 0.455 e. The van der Waals surface area contributed by atoms with Crippen molar-refractivity contribution in [2.24, 2.45) is 0 Å². The van der Waals surface area contributed by atoms with Crippen molar-refractivity contribution in [2.45, 2.75) is 13.3 Å². The number of rotatable bonds is 10. The summed E-state index contributed by atoms with van der Waals surface area (Å²) < 4.78 is 17.7. The Morgan fingerprint density at radius 3 is 2.52 bits per heavy atom. The lowest BCUT2D eigenvalue weighted by atomic mass is 10.1. The minimum atomic E-state index is -0.563. The van der Waals surface area contributed by atoms with E-state index in [4.69, 9.17) is 4.74 Å². The number of thioether (sulfide) groups is 1. The van der Waals surface area contributed by atoms with Crippen LogP contribution in [0.5, 0.6) is 0 Å². The van der Waals surface area contributed by atoms with Gasteiger partial charge in [-0.1, -0.05) is 24.3 Å². The summed E-state index contributed by atoms with van der Waals surface area (Å²) in [7, 11) is 0. The fourth-order valence-electron chi connectivity index (χ4n) is 2.38. The van der Waals surface area contributed by atoms with Crippen LogP contribution < -0.4 is 10.6 Å². The molecule has 29 heavy (non-hydrogen) atoms. The van der Waals surface area contributed by atoms with E-state index in [2.05, 4.69) is 10.6 Å². The van der Waals surface area contributed by atoms with Gasteiger partial charge in [-0.2, -0.15) is 0 Å². The standard InChI is InChI=1S/C21H23FN2O4S/c1-15-3-2-4-18(11-15)24-20(26)13-29-14-21(27)28-12-19(25)23-10-9-16-5-7-17(22)8-6-16/h2-8,11H,9-10,12-14H2,1H3,(H,23,25)(H,24,26). The summed E-state index contributed by atoms with van der Waals surface area (Å²) in [6, 6.07) is 13.4. The molecule has 2 N–H and O–H groups in total. The average Bonchev–Trinajstić information content (AvgIpc) is 2.68. The minimum Gasteiger partial charge on any atom is -0.455 e. The molecule has 2 amide bonds. The third kappa shape index (κ3) is 9.25. The molecule has 8 heteroatoms. The van der Waals surface area contributed by atoms with Crippen LogP contribution in [0.15, 0.2) is 48.5 Å². The molecule has 0 radical (unpaired) electrons. The van der Waals surface area contributed by atoms with Gasteiger partial charge in [0.1, 0.15) is 5.82 Å². The van der Waals surface area contributed by atoms with Crippen molar-refractivity contribution in [1.29, 1.82) is 0 Å². The van der Waals surface area contributed by atoms with Crippen molar-refractivity contribution in [1.82, 2.24) is 5.32 Å². The summed E-state index contributed by atoms with van der Waals surface area (Å²) in [6.45, 7) is 1.91. The monoisotopic (exact) mass is 418 g/mol. The Morgan fingerprint density at radius 2 is 1.79 bits per heavy atom. The number of halogens is 1. The number of carbonyl (C=O) groups is 3. The van der Waals surface area contributed by atoms with Gasteiger partial charge in [-0.05, 0) is 48.7 Å². The molecule has 0 unspecified atom stereocenters. The molecule has 0 saturated carbocycles. The van der Waals surface area contributed by atoms with Gasteiger partial charge in [-0.15, -0.1) is 11.8 Å².